The summed E-state index contributed by atoms with van der Waals surface area (Å²) in [7, 11) is 3.82. The molecule has 28 heavy (non-hydrogen) atoms. The van der Waals surface area contributed by atoms with Gasteiger partial charge in [0.15, 0.2) is 0 Å². The van der Waals surface area contributed by atoms with Gasteiger partial charge >= 0.3 is 5.97 Å². The molecule has 1 N–H and O–H groups in total. The van der Waals surface area contributed by atoms with Gasteiger partial charge in [-0.1, -0.05) is 49.4 Å². The van der Waals surface area contributed by atoms with Crippen molar-refractivity contribution in [3.8, 4) is 0 Å². The standard InChI is InChI=1S/C23H30FNO3/c1-4-21(22(27)28-17-18-9-6-5-7-10-18)23(25(2)3,15-8-16-26)19-11-13-20(24)14-12-19/h5-7,9-14,21,26H,4,8,15-17H2,1-3H3/t21?,23-/m0/s1. The minimum atomic E-state index is -0.695. The lowest BCUT2D eigenvalue weighted by Gasteiger charge is -2.45. The van der Waals surface area contributed by atoms with Gasteiger partial charge in [0.25, 0.3) is 0 Å². The third-order valence-electron chi connectivity index (χ3n) is 5.35. The number of benzene rings is 2. The van der Waals surface area contributed by atoms with E-state index in [1.54, 1.807) is 12.1 Å². The maximum absolute atomic E-state index is 13.5. The van der Waals surface area contributed by atoms with Gasteiger partial charge in [-0.2, -0.15) is 0 Å². The first kappa shape index (κ1) is 22.1. The van der Waals surface area contributed by atoms with E-state index in [0.717, 1.165) is 11.1 Å². The summed E-state index contributed by atoms with van der Waals surface area (Å²) in [5, 5.41) is 9.45. The molecule has 0 saturated carbocycles. The first-order chi connectivity index (χ1) is 13.5. The van der Waals surface area contributed by atoms with Crippen LogP contribution in [0.3, 0.4) is 0 Å². The van der Waals surface area contributed by atoms with E-state index < -0.39 is 11.5 Å². The van der Waals surface area contributed by atoms with Crippen LogP contribution in [0, 0.1) is 11.7 Å². The predicted octanol–water partition coefficient (Wildman–Crippen LogP) is 4.12. The minimum absolute atomic E-state index is 0.0201. The molecule has 2 atom stereocenters. The largest absolute Gasteiger partial charge is 0.461 e. The molecule has 0 fully saturated rings. The second-order valence-electron chi connectivity index (χ2n) is 7.21. The normalized spacial score (nSPS) is 14.5. The molecule has 0 aromatic heterocycles. The lowest BCUT2D eigenvalue weighted by atomic mass is 9.72. The zero-order valence-corrected chi connectivity index (χ0v) is 16.9. The molecule has 0 heterocycles. The number of aliphatic hydroxyl groups excluding tert-OH is 1. The van der Waals surface area contributed by atoms with Crippen LogP contribution in [0.25, 0.3) is 0 Å². The van der Waals surface area contributed by atoms with E-state index in [2.05, 4.69) is 0 Å². The van der Waals surface area contributed by atoms with Crippen molar-refractivity contribution in [3.05, 3.63) is 71.5 Å². The minimum Gasteiger partial charge on any atom is -0.461 e. The SMILES string of the molecule is CCC(C(=O)OCc1ccccc1)[C@](CCCO)(c1ccc(F)cc1)N(C)C. The first-order valence-corrected chi connectivity index (χ1v) is 9.70. The molecular weight excluding hydrogens is 357 g/mol. The molecule has 0 aliphatic rings. The van der Waals surface area contributed by atoms with Crippen molar-refractivity contribution in [1.82, 2.24) is 4.90 Å². The van der Waals surface area contributed by atoms with E-state index in [1.807, 2.05) is 56.3 Å². The monoisotopic (exact) mass is 387 g/mol. The lowest BCUT2D eigenvalue weighted by Crippen LogP contribution is -2.51. The molecule has 0 spiro atoms. The molecule has 4 nitrogen and oxygen atoms in total. The van der Waals surface area contributed by atoms with Gasteiger partial charge in [0.05, 0.1) is 11.5 Å². The fraction of sp³-hybridized carbons (Fsp3) is 0.435. The average molecular weight is 387 g/mol. The van der Waals surface area contributed by atoms with Crippen molar-refractivity contribution < 1.29 is 19.0 Å². The topological polar surface area (TPSA) is 49.8 Å². The summed E-state index contributed by atoms with van der Waals surface area (Å²) in [5.74, 6) is -1.07. The fourth-order valence-corrected chi connectivity index (χ4v) is 3.93. The Morgan fingerprint density at radius 2 is 1.79 bits per heavy atom. The molecule has 0 amide bonds. The van der Waals surface area contributed by atoms with Gasteiger partial charge in [-0.15, -0.1) is 0 Å². The van der Waals surface area contributed by atoms with Crippen LogP contribution in [0.2, 0.25) is 0 Å². The van der Waals surface area contributed by atoms with Crippen LogP contribution >= 0.6 is 0 Å². The maximum Gasteiger partial charge on any atom is 0.311 e. The number of esters is 1. The van der Waals surface area contributed by atoms with Crippen molar-refractivity contribution in [2.45, 2.75) is 38.3 Å². The van der Waals surface area contributed by atoms with Gasteiger partial charge in [-0.25, -0.2) is 4.39 Å². The molecule has 2 aromatic carbocycles. The summed E-state index contributed by atoms with van der Waals surface area (Å²) < 4.78 is 19.2. The Hall–Kier alpha value is -2.24. The Morgan fingerprint density at radius 3 is 2.32 bits per heavy atom. The van der Waals surface area contributed by atoms with Crippen LogP contribution in [0.5, 0.6) is 0 Å². The number of rotatable bonds is 10. The summed E-state index contributed by atoms with van der Waals surface area (Å²) >= 11 is 0. The van der Waals surface area contributed by atoms with Crippen molar-refractivity contribution >= 4 is 5.97 Å². The molecule has 1 unspecified atom stereocenters. The van der Waals surface area contributed by atoms with E-state index in [9.17, 15) is 14.3 Å². The van der Waals surface area contributed by atoms with Gasteiger partial charge in [0.1, 0.15) is 12.4 Å². The van der Waals surface area contributed by atoms with E-state index in [4.69, 9.17) is 4.74 Å². The lowest BCUT2D eigenvalue weighted by molar-refractivity contribution is -0.157. The van der Waals surface area contributed by atoms with E-state index in [0.29, 0.717) is 19.3 Å². The summed E-state index contributed by atoms with van der Waals surface area (Å²) in [6, 6.07) is 15.8. The van der Waals surface area contributed by atoms with Crippen LogP contribution in [0.4, 0.5) is 4.39 Å². The van der Waals surface area contributed by atoms with Crippen LogP contribution in [-0.2, 0) is 21.7 Å². The molecule has 2 aromatic rings. The van der Waals surface area contributed by atoms with Gasteiger partial charge < -0.3 is 9.84 Å². The molecule has 0 radical (unpaired) electrons. The summed E-state index contributed by atoms with van der Waals surface area (Å²) in [6.45, 7) is 2.19. The van der Waals surface area contributed by atoms with Crippen LogP contribution in [-0.4, -0.2) is 36.7 Å². The Kier molecular flexibility index (Phi) is 8.15. The van der Waals surface area contributed by atoms with Crippen LogP contribution < -0.4 is 0 Å². The Labute approximate surface area is 166 Å². The van der Waals surface area contributed by atoms with Crippen molar-refractivity contribution in [1.29, 1.82) is 0 Å². The predicted molar refractivity (Wildman–Crippen MR) is 108 cm³/mol. The summed E-state index contributed by atoms with van der Waals surface area (Å²) in [6.07, 6.45) is 1.65. The maximum atomic E-state index is 13.5. The molecule has 2 rings (SSSR count). The Balaban J connectivity index is 2.36. The van der Waals surface area contributed by atoms with E-state index in [-0.39, 0.29) is 25.0 Å². The van der Waals surface area contributed by atoms with E-state index in [1.165, 1.54) is 12.1 Å². The highest BCUT2D eigenvalue weighted by atomic mass is 19.1. The van der Waals surface area contributed by atoms with Gasteiger partial charge in [-0.3, -0.25) is 9.69 Å². The Bertz CT molecular complexity index is 733. The zero-order chi connectivity index (χ0) is 20.6. The van der Waals surface area contributed by atoms with Gasteiger partial charge in [0, 0.05) is 6.61 Å². The van der Waals surface area contributed by atoms with Gasteiger partial charge in [-0.05, 0) is 56.6 Å². The Morgan fingerprint density at radius 1 is 1.14 bits per heavy atom. The number of hydrogen-bond donors (Lipinski definition) is 1. The van der Waals surface area contributed by atoms with Crippen molar-refractivity contribution in [3.63, 3.8) is 0 Å². The fourth-order valence-electron chi connectivity index (χ4n) is 3.93. The van der Waals surface area contributed by atoms with E-state index >= 15 is 0 Å². The quantitative estimate of drug-likeness (QED) is 0.623. The number of aliphatic hydroxyl groups is 1. The van der Waals surface area contributed by atoms with Crippen LogP contribution in [0.1, 0.15) is 37.3 Å². The highest BCUT2D eigenvalue weighted by Gasteiger charge is 2.45. The summed E-state index contributed by atoms with van der Waals surface area (Å²) in [4.78, 5) is 15.1. The third kappa shape index (κ3) is 4.97. The van der Waals surface area contributed by atoms with Gasteiger partial charge in [0.2, 0.25) is 0 Å². The number of hydrogen-bond acceptors (Lipinski definition) is 4. The highest BCUT2D eigenvalue weighted by molar-refractivity contribution is 5.74. The molecule has 0 aliphatic heterocycles. The second kappa shape index (κ2) is 10.3. The number of carbonyl (C=O) groups is 1. The van der Waals surface area contributed by atoms with Crippen molar-refractivity contribution in [2.24, 2.45) is 5.92 Å². The highest BCUT2D eigenvalue weighted by Crippen LogP contribution is 2.41. The molecule has 0 aliphatic carbocycles. The number of carbonyl (C=O) groups excluding carboxylic acids is 1. The number of halogens is 1. The number of nitrogens with zero attached hydrogens (tertiary/aromatic N) is 1. The first-order valence-electron chi connectivity index (χ1n) is 9.70. The second-order valence-corrected chi connectivity index (χ2v) is 7.21. The smallest absolute Gasteiger partial charge is 0.311 e. The average Bonchev–Trinajstić information content (AvgIpc) is 2.70. The molecule has 0 bridgehead atoms. The molecular formula is C23H30FNO3. The van der Waals surface area contributed by atoms with Crippen LogP contribution in [0.15, 0.2) is 54.6 Å². The summed E-state index contributed by atoms with van der Waals surface area (Å²) in [5.41, 5.74) is 1.08. The number of ether oxygens (including phenoxy) is 1. The third-order valence-corrected chi connectivity index (χ3v) is 5.35. The molecule has 0 saturated heterocycles. The molecule has 5 heteroatoms. The molecule has 152 valence electrons. The van der Waals surface area contributed by atoms with Crippen molar-refractivity contribution in [2.75, 3.05) is 20.7 Å². The zero-order valence-electron chi connectivity index (χ0n) is 16.9.